The van der Waals surface area contributed by atoms with Gasteiger partial charge in [-0.25, -0.2) is 4.68 Å². The molecule has 2 aromatic rings. The molecule has 7 nitrogen and oxygen atoms in total. The quantitative estimate of drug-likeness (QED) is 0.933. The predicted octanol–water partition coefficient (Wildman–Crippen LogP) is 1.96. The minimum absolute atomic E-state index is 0.236. The van der Waals surface area contributed by atoms with Crippen molar-refractivity contribution in [3.05, 3.63) is 30.1 Å². The molecule has 0 fully saturated rings. The van der Waals surface area contributed by atoms with E-state index >= 15 is 0 Å². The van der Waals surface area contributed by atoms with Crippen molar-refractivity contribution in [2.75, 3.05) is 13.2 Å². The number of benzene rings is 1. The number of carbonyl (C=O) groups excluding carboxylic acids is 1. The summed E-state index contributed by atoms with van der Waals surface area (Å²) in [6.07, 6.45) is 2.43. The highest BCUT2D eigenvalue weighted by Crippen LogP contribution is 2.31. The van der Waals surface area contributed by atoms with Gasteiger partial charge in [0, 0.05) is 11.6 Å². The Bertz CT molecular complexity index is 724. The van der Waals surface area contributed by atoms with Crippen LogP contribution in [0.2, 0.25) is 0 Å². The molecule has 0 aliphatic carbocycles. The van der Waals surface area contributed by atoms with Crippen LogP contribution < -0.4 is 14.8 Å². The van der Waals surface area contributed by atoms with E-state index in [2.05, 4.69) is 15.6 Å². The van der Waals surface area contributed by atoms with E-state index in [1.807, 2.05) is 39.0 Å². The predicted molar refractivity (Wildman–Crippen MR) is 84.2 cm³/mol. The number of ether oxygens (including phenoxy) is 2. The van der Waals surface area contributed by atoms with E-state index in [1.165, 1.54) is 0 Å². The molecule has 0 saturated carbocycles. The third kappa shape index (κ3) is 3.28. The van der Waals surface area contributed by atoms with Crippen LogP contribution in [0, 0.1) is 0 Å². The Hall–Kier alpha value is -2.57. The Labute approximate surface area is 134 Å². The van der Waals surface area contributed by atoms with Gasteiger partial charge in [-0.05, 0) is 32.4 Å². The molecule has 122 valence electrons. The van der Waals surface area contributed by atoms with Crippen molar-refractivity contribution in [2.45, 2.75) is 32.7 Å². The number of carbonyl (C=O) groups is 1. The second kappa shape index (κ2) is 5.91. The molecule has 1 aromatic carbocycles. The summed E-state index contributed by atoms with van der Waals surface area (Å²) in [7, 11) is 0. The highest BCUT2D eigenvalue weighted by molar-refractivity contribution is 5.92. The van der Waals surface area contributed by atoms with Crippen LogP contribution in [0.1, 0.15) is 37.7 Å². The van der Waals surface area contributed by atoms with Gasteiger partial charge in [-0.3, -0.25) is 4.79 Å². The number of amides is 1. The molecule has 1 N–H and O–H groups in total. The summed E-state index contributed by atoms with van der Waals surface area (Å²) in [6.45, 7) is 7.03. The molecule has 0 bridgehead atoms. The van der Waals surface area contributed by atoms with Gasteiger partial charge < -0.3 is 14.8 Å². The minimum atomic E-state index is -0.280. The first kappa shape index (κ1) is 15.3. The van der Waals surface area contributed by atoms with E-state index in [4.69, 9.17) is 9.47 Å². The average Bonchev–Trinajstić information content (AvgIpc) is 3.04. The molecular weight excluding hydrogens is 296 g/mol. The molecular formula is C16H20N4O3. The summed E-state index contributed by atoms with van der Waals surface area (Å²) < 4.78 is 12.6. The Morgan fingerprint density at radius 1 is 1.30 bits per heavy atom. The zero-order valence-corrected chi connectivity index (χ0v) is 13.5. The number of nitrogens with one attached hydrogen (secondary N) is 1. The molecule has 0 unspecified atom stereocenters. The maximum Gasteiger partial charge on any atom is 0.273 e. The van der Waals surface area contributed by atoms with Crippen LogP contribution in [0.15, 0.2) is 24.4 Å². The molecule has 3 rings (SSSR count). The van der Waals surface area contributed by atoms with Crippen molar-refractivity contribution in [3.8, 4) is 17.2 Å². The molecule has 2 heterocycles. The Morgan fingerprint density at radius 2 is 2.04 bits per heavy atom. The van der Waals surface area contributed by atoms with Crippen molar-refractivity contribution in [1.82, 2.24) is 20.3 Å². The number of hydrogen-bond donors (Lipinski definition) is 1. The molecule has 1 aliphatic rings. The minimum Gasteiger partial charge on any atom is -0.486 e. The van der Waals surface area contributed by atoms with Gasteiger partial charge in [-0.1, -0.05) is 12.1 Å². The molecule has 1 amide bonds. The van der Waals surface area contributed by atoms with E-state index in [0.717, 1.165) is 12.1 Å². The number of fused-ring (bicyclic) bond motifs is 1. The third-order valence-corrected chi connectivity index (χ3v) is 3.85. The first-order valence-electron chi connectivity index (χ1n) is 7.63. The largest absolute Gasteiger partial charge is 0.486 e. The van der Waals surface area contributed by atoms with Crippen LogP contribution in [-0.4, -0.2) is 39.7 Å². The number of rotatable bonds is 4. The lowest BCUT2D eigenvalue weighted by atomic mass is 10.0. The van der Waals surface area contributed by atoms with Gasteiger partial charge in [0.2, 0.25) is 0 Å². The standard InChI is InChI=1S/C16H20N4O3/c1-4-16(2,3)17-15(21)12-10-20(19-18-12)11-5-6-13-14(9-11)23-8-7-22-13/h5-6,9-10H,4,7-8H2,1-3H3,(H,17,21). The summed E-state index contributed by atoms with van der Waals surface area (Å²) in [5, 5.41) is 10.9. The Morgan fingerprint density at radius 3 is 2.78 bits per heavy atom. The lowest BCUT2D eigenvalue weighted by molar-refractivity contribution is 0.0906. The third-order valence-electron chi connectivity index (χ3n) is 3.85. The molecule has 23 heavy (non-hydrogen) atoms. The van der Waals surface area contributed by atoms with E-state index in [9.17, 15) is 4.79 Å². The van der Waals surface area contributed by atoms with Crippen molar-refractivity contribution in [1.29, 1.82) is 0 Å². The second-order valence-corrected chi connectivity index (χ2v) is 6.07. The van der Waals surface area contributed by atoms with E-state index < -0.39 is 0 Å². The fraction of sp³-hybridized carbons (Fsp3) is 0.438. The zero-order valence-electron chi connectivity index (χ0n) is 13.5. The monoisotopic (exact) mass is 316 g/mol. The fourth-order valence-corrected chi connectivity index (χ4v) is 2.13. The molecule has 0 radical (unpaired) electrons. The van der Waals surface area contributed by atoms with E-state index in [1.54, 1.807) is 10.9 Å². The fourth-order valence-electron chi connectivity index (χ4n) is 2.13. The van der Waals surface area contributed by atoms with E-state index in [-0.39, 0.29) is 17.1 Å². The molecule has 1 aromatic heterocycles. The van der Waals surface area contributed by atoms with Gasteiger partial charge >= 0.3 is 0 Å². The molecule has 0 atom stereocenters. The normalized spacial score (nSPS) is 13.7. The lowest BCUT2D eigenvalue weighted by Crippen LogP contribution is -2.42. The van der Waals surface area contributed by atoms with Crippen molar-refractivity contribution >= 4 is 5.91 Å². The van der Waals surface area contributed by atoms with Gasteiger partial charge in [-0.15, -0.1) is 5.10 Å². The Balaban J connectivity index is 1.80. The Kier molecular flexibility index (Phi) is 3.94. The second-order valence-electron chi connectivity index (χ2n) is 6.07. The number of hydrogen-bond acceptors (Lipinski definition) is 5. The number of nitrogens with zero attached hydrogens (tertiary/aromatic N) is 3. The van der Waals surface area contributed by atoms with Gasteiger partial charge in [0.15, 0.2) is 17.2 Å². The van der Waals surface area contributed by atoms with Gasteiger partial charge in [0.05, 0.1) is 11.9 Å². The van der Waals surface area contributed by atoms with Crippen LogP contribution in [0.4, 0.5) is 0 Å². The van der Waals surface area contributed by atoms with Crippen LogP contribution >= 0.6 is 0 Å². The summed E-state index contributed by atoms with van der Waals surface area (Å²) >= 11 is 0. The van der Waals surface area contributed by atoms with Crippen LogP contribution in [-0.2, 0) is 0 Å². The van der Waals surface area contributed by atoms with Crippen LogP contribution in [0.25, 0.3) is 5.69 Å². The topological polar surface area (TPSA) is 78.3 Å². The van der Waals surface area contributed by atoms with Crippen LogP contribution in [0.5, 0.6) is 11.5 Å². The van der Waals surface area contributed by atoms with Crippen molar-refractivity contribution < 1.29 is 14.3 Å². The van der Waals surface area contributed by atoms with Gasteiger partial charge in [0.1, 0.15) is 13.2 Å². The molecule has 7 heteroatoms. The van der Waals surface area contributed by atoms with E-state index in [0.29, 0.717) is 24.7 Å². The molecule has 0 saturated heterocycles. The van der Waals surface area contributed by atoms with Crippen LogP contribution in [0.3, 0.4) is 0 Å². The SMILES string of the molecule is CCC(C)(C)NC(=O)c1cn(-c2ccc3c(c2)OCCO3)nn1. The van der Waals surface area contributed by atoms with Gasteiger partial charge in [-0.2, -0.15) is 0 Å². The first-order valence-corrected chi connectivity index (χ1v) is 7.63. The average molecular weight is 316 g/mol. The summed E-state index contributed by atoms with van der Waals surface area (Å²) in [5.41, 5.74) is 0.759. The highest BCUT2D eigenvalue weighted by Gasteiger charge is 2.21. The van der Waals surface area contributed by atoms with Crippen molar-refractivity contribution in [2.24, 2.45) is 0 Å². The highest BCUT2D eigenvalue weighted by atomic mass is 16.6. The summed E-state index contributed by atoms with van der Waals surface area (Å²) in [4.78, 5) is 12.2. The molecule has 0 spiro atoms. The molecule has 1 aliphatic heterocycles. The first-order chi connectivity index (χ1) is 11.0. The van der Waals surface area contributed by atoms with Gasteiger partial charge in [0.25, 0.3) is 5.91 Å². The summed E-state index contributed by atoms with van der Waals surface area (Å²) in [6, 6.07) is 5.49. The number of aromatic nitrogens is 3. The lowest BCUT2D eigenvalue weighted by Gasteiger charge is -2.23. The summed E-state index contributed by atoms with van der Waals surface area (Å²) in [5.74, 6) is 1.14. The maximum absolute atomic E-state index is 12.2. The maximum atomic E-state index is 12.2. The smallest absolute Gasteiger partial charge is 0.273 e. The van der Waals surface area contributed by atoms with Crippen molar-refractivity contribution in [3.63, 3.8) is 0 Å². The zero-order chi connectivity index (χ0) is 16.4.